The van der Waals surface area contributed by atoms with Gasteiger partial charge < -0.3 is 10.1 Å². The highest BCUT2D eigenvalue weighted by Crippen LogP contribution is 2.09. The van der Waals surface area contributed by atoms with Crippen LogP contribution >= 0.6 is 0 Å². The van der Waals surface area contributed by atoms with Crippen LogP contribution in [0, 0.1) is 5.92 Å². The second-order valence-corrected chi connectivity index (χ2v) is 6.90. The number of carbonyl (C=O) groups excluding carboxylic acids is 2. The molecule has 1 N–H and O–H groups in total. The van der Waals surface area contributed by atoms with Crippen LogP contribution < -0.4 is 5.32 Å². The van der Waals surface area contributed by atoms with Crippen LogP contribution in [0.15, 0.2) is 4.99 Å². The van der Waals surface area contributed by atoms with Crippen molar-refractivity contribution in [1.29, 1.82) is 0 Å². The number of nitrogens with zero attached hydrogens (tertiary/aromatic N) is 1. The first-order valence-electron chi connectivity index (χ1n) is 8.20. The Hall–Kier alpha value is -1.39. The van der Waals surface area contributed by atoms with E-state index < -0.39 is 11.7 Å². The summed E-state index contributed by atoms with van der Waals surface area (Å²) in [5.41, 5.74) is 0.152. The summed E-state index contributed by atoms with van der Waals surface area (Å²) in [6, 6.07) is 0. The molecule has 0 saturated heterocycles. The van der Waals surface area contributed by atoms with Gasteiger partial charge in [-0.3, -0.25) is 4.79 Å². The summed E-state index contributed by atoms with van der Waals surface area (Å²) in [7, 11) is 0. The van der Waals surface area contributed by atoms with E-state index in [-0.39, 0.29) is 5.91 Å². The number of carbonyl (C=O) groups is 2. The molecule has 0 heterocycles. The van der Waals surface area contributed by atoms with Crippen molar-refractivity contribution in [1.82, 2.24) is 5.32 Å². The molecule has 0 unspecified atom stereocenters. The summed E-state index contributed by atoms with van der Waals surface area (Å²) >= 11 is 0. The summed E-state index contributed by atoms with van der Waals surface area (Å²) in [6.45, 7) is 12.4. The third kappa shape index (κ3) is 12.4. The molecule has 0 aromatic carbocycles. The minimum atomic E-state index is -0.582. The Morgan fingerprint density at radius 1 is 1.18 bits per heavy atom. The lowest BCUT2D eigenvalue weighted by atomic mass is 10.1. The number of nitrogens with one attached hydrogen (secondary N) is 1. The van der Waals surface area contributed by atoms with Gasteiger partial charge in [-0.2, -0.15) is 4.99 Å². The van der Waals surface area contributed by atoms with Crippen molar-refractivity contribution in [2.75, 3.05) is 6.54 Å². The van der Waals surface area contributed by atoms with Crippen molar-refractivity contribution in [2.45, 2.75) is 79.2 Å². The number of hydrogen-bond donors (Lipinski definition) is 1. The lowest BCUT2D eigenvalue weighted by Gasteiger charge is -2.17. The molecule has 0 aliphatic carbocycles. The van der Waals surface area contributed by atoms with Crippen molar-refractivity contribution < 1.29 is 14.3 Å². The van der Waals surface area contributed by atoms with E-state index in [2.05, 4.69) is 24.2 Å². The van der Waals surface area contributed by atoms with Gasteiger partial charge in [0, 0.05) is 18.7 Å². The van der Waals surface area contributed by atoms with Gasteiger partial charge in [-0.05, 0) is 52.4 Å². The Kier molecular flexibility index (Phi) is 9.70. The van der Waals surface area contributed by atoms with Gasteiger partial charge in [-0.25, -0.2) is 4.79 Å². The molecule has 0 bridgehead atoms. The molecule has 0 spiro atoms. The van der Waals surface area contributed by atoms with Crippen LogP contribution in [0.2, 0.25) is 0 Å². The Bertz CT molecular complexity index is 382. The molecule has 0 radical (unpaired) electrons. The number of rotatable bonds is 8. The van der Waals surface area contributed by atoms with Crippen LogP contribution in [0.1, 0.15) is 73.6 Å². The van der Waals surface area contributed by atoms with Crippen LogP contribution in [0.5, 0.6) is 0 Å². The van der Waals surface area contributed by atoms with Crippen molar-refractivity contribution in [3.8, 4) is 0 Å². The average Bonchev–Trinajstić information content (AvgIpc) is 2.37. The van der Waals surface area contributed by atoms with E-state index in [0.717, 1.165) is 12.8 Å². The standard InChI is InChI=1S/C17H32N2O3/c1-7-14(19-16(21)22-17(4,5)6)10-11-15(20)18-12-8-9-13(2)3/h13H,7-12H2,1-6H3,(H,18,20). The van der Waals surface area contributed by atoms with E-state index in [1.54, 1.807) is 20.8 Å². The Morgan fingerprint density at radius 3 is 2.32 bits per heavy atom. The van der Waals surface area contributed by atoms with E-state index in [9.17, 15) is 9.59 Å². The molecule has 0 saturated carbocycles. The maximum atomic E-state index is 11.7. The second kappa shape index (κ2) is 10.4. The maximum Gasteiger partial charge on any atom is 0.434 e. The fourth-order valence-corrected chi connectivity index (χ4v) is 1.81. The fraction of sp³-hybridized carbons (Fsp3) is 0.824. The predicted molar refractivity (Wildman–Crippen MR) is 90.3 cm³/mol. The Labute approximate surface area is 134 Å². The first-order chi connectivity index (χ1) is 10.1. The minimum absolute atomic E-state index is 0.00842. The molecule has 0 aliphatic heterocycles. The van der Waals surface area contributed by atoms with Gasteiger partial charge in [0.25, 0.3) is 0 Å². The fourth-order valence-electron chi connectivity index (χ4n) is 1.81. The lowest BCUT2D eigenvalue weighted by Crippen LogP contribution is -2.25. The summed E-state index contributed by atoms with van der Waals surface area (Å²) in [6.07, 6.45) is 3.01. The summed E-state index contributed by atoms with van der Waals surface area (Å²) in [5.74, 6) is 0.665. The second-order valence-electron chi connectivity index (χ2n) is 6.90. The van der Waals surface area contributed by atoms with Gasteiger partial charge in [-0.1, -0.05) is 20.8 Å². The molecule has 0 rings (SSSR count). The third-order valence-electron chi connectivity index (χ3n) is 2.97. The summed E-state index contributed by atoms with van der Waals surface area (Å²) < 4.78 is 5.15. The van der Waals surface area contributed by atoms with Gasteiger partial charge in [0.15, 0.2) is 0 Å². The smallest absolute Gasteiger partial charge is 0.434 e. The molecule has 0 aromatic heterocycles. The predicted octanol–water partition coefficient (Wildman–Crippen LogP) is 4.11. The number of amides is 2. The molecule has 0 aromatic rings. The molecule has 0 aliphatic rings. The van der Waals surface area contributed by atoms with E-state index in [1.165, 1.54) is 0 Å². The largest absolute Gasteiger partial charge is 0.442 e. The summed E-state index contributed by atoms with van der Waals surface area (Å²) in [5, 5.41) is 2.90. The zero-order chi connectivity index (χ0) is 17.2. The van der Waals surface area contributed by atoms with Crippen molar-refractivity contribution >= 4 is 17.7 Å². The van der Waals surface area contributed by atoms with E-state index in [1.807, 2.05) is 6.92 Å². The van der Waals surface area contributed by atoms with Gasteiger partial charge >= 0.3 is 6.09 Å². The lowest BCUT2D eigenvalue weighted by molar-refractivity contribution is -0.120. The minimum Gasteiger partial charge on any atom is -0.442 e. The molecule has 0 atom stereocenters. The average molecular weight is 312 g/mol. The topological polar surface area (TPSA) is 67.8 Å². The molecular weight excluding hydrogens is 280 g/mol. The van der Waals surface area contributed by atoms with E-state index >= 15 is 0 Å². The zero-order valence-electron chi connectivity index (χ0n) is 15.0. The van der Waals surface area contributed by atoms with Crippen LogP contribution in [-0.2, 0) is 9.53 Å². The van der Waals surface area contributed by atoms with E-state index in [0.29, 0.717) is 37.4 Å². The van der Waals surface area contributed by atoms with Crippen molar-refractivity contribution in [3.05, 3.63) is 0 Å². The molecule has 5 nitrogen and oxygen atoms in total. The first kappa shape index (κ1) is 20.6. The summed E-state index contributed by atoms with van der Waals surface area (Å²) in [4.78, 5) is 27.3. The number of ether oxygens (including phenoxy) is 1. The van der Waals surface area contributed by atoms with Crippen LogP contribution in [0.25, 0.3) is 0 Å². The van der Waals surface area contributed by atoms with E-state index in [4.69, 9.17) is 4.74 Å². The Balaban J connectivity index is 4.12. The number of hydrogen-bond acceptors (Lipinski definition) is 3. The molecular formula is C17H32N2O3. The highest BCUT2D eigenvalue weighted by molar-refractivity contribution is 5.95. The highest BCUT2D eigenvalue weighted by Gasteiger charge is 2.16. The molecule has 0 fully saturated rings. The zero-order valence-corrected chi connectivity index (χ0v) is 15.0. The van der Waals surface area contributed by atoms with Gasteiger partial charge in [0.05, 0.1) is 0 Å². The van der Waals surface area contributed by atoms with Gasteiger partial charge in [0.1, 0.15) is 5.60 Å². The monoisotopic (exact) mass is 312 g/mol. The van der Waals surface area contributed by atoms with Crippen LogP contribution in [0.3, 0.4) is 0 Å². The SMILES string of the molecule is CCC(CCC(=O)NCCCC(C)C)=NC(=O)OC(C)(C)C. The maximum absolute atomic E-state index is 11.7. The highest BCUT2D eigenvalue weighted by atomic mass is 16.6. The van der Waals surface area contributed by atoms with Crippen LogP contribution in [0.4, 0.5) is 4.79 Å². The third-order valence-corrected chi connectivity index (χ3v) is 2.97. The Morgan fingerprint density at radius 2 is 1.82 bits per heavy atom. The quantitative estimate of drug-likeness (QED) is 0.542. The molecule has 22 heavy (non-hydrogen) atoms. The molecule has 128 valence electrons. The van der Waals surface area contributed by atoms with Gasteiger partial charge in [0.2, 0.25) is 5.91 Å². The molecule has 2 amide bonds. The normalized spacial score (nSPS) is 12.4. The number of aliphatic imine (C=N–C) groups is 1. The van der Waals surface area contributed by atoms with Crippen molar-refractivity contribution in [2.24, 2.45) is 10.9 Å². The van der Waals surface area contributed by atoms with Gasteiger partial charge in [-0.15, -0.1) is 0 Å². The molecule has 5 heteroatoms. The first-order valence-corrected chi connectivity index (χ1v) is 8.20. The van der Waals surface area contributed by atoms with Crippen molar-refractivity contribution in [3.63, 3.8) is 0 Å². The van der Waals surface area contributed by atoms with Crippen LogP contribution in [-0.4, -0.2) is 29.9 Å².